The lowest BCUT2D eigenvalue weighted by atomic mass is 10.2. The minimum atomic E-state index is -2.24. The summed E-state index contributed by atoms with van der Waals surface area (Å²) in [6.07, 6.45) is -1.85. The van der Waals surface area contributed by atoms with Gasteiger partial charge in [-0.25, -0.2) is 4.39 Å². The molecular weight excluding hydrogens is 305 g/mol. The molecule has 0 bridgehead atoms. The summed E-state index contributed by atoms with van der Waals surface area (Å²) in [7, 11) is 0. The van der Waals surface area contributed by atoms with Crippen molar-refractivity contribution in [1.29, 1.82) is 0 Å². The quantitative estimate of drug-likeness (QED) is 0.723. The average molecular weight is 316 g/mol. The fourth-order valence-corrected chi connectivity index (χ4v) is 3.39. The monoisotopic (exact) mass is 316 g/mol. The third-order valence-corrected chi connectivity index (χ3v) is 4.46. The Morgan fingerprint density at radius 3 is 2.55 bits per heavy atom. The number of benzene rings is 1. The lowest BCUT2D eigenvalue weighted by molar-refractivity contribution is 0.373. The largest absolute Gasteiger partial charge is 0.301 e. The van der Waals surface area contributed by atoms with Crippen LogP contribution in [0.1, 0.15) is 17.0 Å². The summed E-state index contributed by atoms with van der Waals surface area (Å²) in [5, 5.41) is 8.85. The number of nitrogens with zero attached hydrogens (tertiary/aromatic N) is 2. The summed E-state index contributed by atoms with van der Waals surface area (Å²) >= 11 is 2.64. The van der Waals surface area contributed by atoms with E-state index in [-0.39, 0.29) is 12.2 Å². The van der Waals surface area contributed by atoms with Crippen molar-refractivity contribution in [2.75, 3.05) is 5.75 Å². The highest BCUT2D eigenvalue weighted by molar-refractivity contribution is 8.01. The van der Waals surface area contributed by atoms with E-state index >= 15 is 0 Å². The number of allylic oxidation sites excluding steroid dienone is 1. The molecule has 0 spiro atoms. The van der Waals surface area contributed by atoms with Crippen LogP contribution in [0.15, 0.2) is 46.6 Å². The van der Waals surface area contributed by atoms with Crippen molar-refractivity contribution in [2.45, 2.75) is 17.2 Å². The van der Waals surface area contributed by atoms with Crippen LogP contribution in [-0.2, 0) is 6.42 Å². The minimum Gasteiger partial charge on any atom is -0.206 e. The Balaban J connectivity index is 1.85. The number of rotatable bonds is 6. The van der Waals surface area contributed by atoms with E-state index in [0.29, 0.717) is 10.8 Å². The molecule has 0 radical (unpaired) electrons. The first-order valence-electron chi connectivity index (χ1n) is 5.84. The highest BCUT2D eigenvalue weighted by atomic mass is 32.2. The van der Waals surface area contributed by atoms with Crippen LogP contribution in [0.5, 0.6) is 0 Å². The molecule has 0 unspecified atom stereocenters. The van der Waals surface area contributed by atoms with Crippen LogP contribution >= 0.6 is 23.1 Å². The third-order valence-electron chi connectivity index (χ3n) is 2.40. The molecule has 0 fully saturated rings. The van der Waals surface area contributed by atoms with Crippen molar-refractivity contribution in [1.82, 2.24) is 10.2 Å². The van der Waals surface area contributed by atoms with Gasteiger partial charge in [-0.3, -0.25) is 0 Å². The van der Waals surface area contributed by atoms with Crippen molar-refractivity contribution in [2.24, 2.45) is 0 Å². The van der Waals surface area contributed by atoms with Gasteiger partial charge in [-0.1, -0.05) is 53.4 Å². The Morgan fingerprint density at radius 2 is 1.85 bits per heavy atom. The van der Waals surface area contributed by atoms with Crippen molar-refractivity contribution in [3.63, 3.8) is 0 Å². The van der Waals surface area contributed by atoms with E-state index in [1.165, 1.54) is 23.1 Å². The first kappa shape index (κ1) is 15.1. The molecule has 0 N–H and O–H groups in total. The van der Waals surface area contributed by atoms with Gasteiger partial charge >= 0.3 is 6.08 Å². The van der Waals surface area contributed by atoms with Crippen molar-refractivity contribution in [3.05, 3.63) is 52.8 Å². The van der Waals surface area contributed by atoms with E-state index in [4.69, 9.17) is 0 Å². The first-order valence-corrected chi connectivity index (χ1v) is 7.64. The molecule has 0 amide bonds. The molecule has 1 heterocycles. The average Bonchev–Trinajstić information content (AvgIpc) is 2.87. The van der Waals surface area contributed by atoms with Crippen LogP contribution in [0.3, 0.4) is 0 Å². The van der Waals surface area contributed by atoms with Crippen LogP contribution in [0.2, 0.25) is 0 Å². The third kappa shape index (κ3) is 4.64. The van der Waals surface area contributed by atoms with Crippen LogP contribution < -0.4 is 0 Å². The van der Waals surface area contributed by atoms with Gasteiger partial charge in [0.05, 0.1) is 0 Å². The molecule has 2 aromatic rings. The van der Waals surface area contributed by atoms with Crippen molar-refractivity contribution >= 4 is 23.1 Å². The fourth-order valence-electron chi connectivity index (χ4n) is 1.46. The molecular formula is C13H11F3N2S2. The van der Waals surface area contributed by atoms with Gasteiger partial charge in [0.25, 0.3) is 0 Å². The number of hydrogen-bond donors (Lipinski definition) is 0. The molecule has 20 heavy (non-hydrogen) atoms. The summed E-state index contributed by atoms with van der Waals surface area (Å²) in [4.78, 5) is 0. The van der Waals surface area contributed by atoms with Crippen LogP contribution in [0.4, 0.5) is 13.2 Å². The second kappa shape index (κ2) is 7.44. The molecule has 106 valence electrons. The van der Waals surface area contributed by atoms with E-state index < -0.39 is 11.9 Å². The molecule has 0 aliphatic heterocycles. The fraction of sp³-hybridized carbons (Fsp3) is 0.231. The van der Waals surface area contributed by atoms with Gasteiger partial charge in [-0.15, -0.1) is 10.2 Å². The SMILES string of the molecule is FC(F)=C(F)CCSc1nnc(Cc2ccccc2)s1. The summed E-state index contributed by atoms with van der Waals surface area (Å²) in [6, 6.07) is 9.84. The van der Waals surface area contributed by atoms with E-state index in [1.807, 2.05) is 30.3 Å². The second-order valence-electron chi connectivity index (χ2n) is 3.89. The van der Waals surface area contributed by atoms with Crippen molar-refractivity contribution < 1.29 is 13.2 Å². The Morgan fingerprint density at radius 1 is 1.10 bits per heavy atom. The zero-order valence-electron chi connectivity index (χ0n) is 10.4. The number of aromatic nitrogens is 2. The van der Waals surface area contributed by atoms with E-state index in [0.717, 1.165) is 10.6 Å². The molecule has 0 saturated heterocycles. The maximum Gasteiger partial charge on any atom is 0.301 e. The lowest BCUT2D eigenvalue weighted by Gasteiger charge is -1.95. The van der Waals surface area contributed by atoms with Crippen molar-refractivity contribution in [3.8, 4) is 0 Å². The van der Waals surface area contributed by atoms with E-state index in [9.17, 15) is 13.2 Å². The summed E-state index contributed by atoms with van der Waals surface area (Å²) in [5.74, 6) is -1.13. The minimum absolute atomic E-state index is 0.225. The maximum atomic E-state index is 12.6. The number of hydrogen-bond acceptors (Lipinski definition) is 4. The lowest BCUT2D eigenvalue weighted by Crippen LogP contribution is -1.85. The van der Waals surface area contributed by atoms with Crippen LogP contribution in [0.25, 0.3) is 0 Å². The van der Waals surface area contributed by atoms with Gasteiger partial charge in [-0.05, 0) is 5.56 Å². The zero-order chi connectivity index (χ0) is 14.4. The molecule has 2 nitrogen and oxygen atoms in total. The van der Waals surface area contributed by atoms with Crippen LogP contribution in [-0.4, -0.2) is 16.0 Å². The molecule has 1 aromatic carbocycles. The second-order valence-corrected chi connectivity index (χ2v) is 6.29. The predicted octanol–water partition coefficient (Wildman–Crippen LogP) is 4.69. The maximum absolute atomic E-state index is 12.6. The van der Waals surface area contributed by atoms with Gasteiger partial charge in [-0.2, -0.15) is 8.78 Å². The topological polar surface area (TPSA) is 25.8 Å². The Bertz CT molecular complexity index is 580. The summed E-state index contributed by atoms with van der Waals surface area (Å²) in [6.45, 7) is 0. The summed E-state index contributed by atoms with van der Waals surface area (Å²) in [5.41, 5.74) is 1.13. The summed E-state index contributed by atoms with van der Waals surface area (Å²) < 4.78 is 37.0. The normalized spacial score (nSPS) is 10.6. The van der Waals surface area contributed by atoms with Gasteiger partial charge in [0.2, 0.25) is 0 Å². The Hall–Kier alpha value is -1.34. The molecule has 0 aliphatic carbocycles. The Labute approximate surface area is 122 Å². The Kier molecular flexibility index (Phi) is 5.60. The van der Waals surface area contributed by atoms with Crippen LogP contribution in [0, 0.1) is 0 Å². The predicted molar refractivity (Wildman–Crippen MR) is 74.8 cm³/mol. The van der Waals surface area contributed by atoms with Gasteiger partial charge in [0.1, 0.15) is 5.01 Å². The first-order chi connectivity index (χ1) is 9.65. The van der Waals surface area contributed by atoms with Gasteiger partial charge in [0, 0.05) is 18.6 Å². The molecule has 0 saturated carbocycles. The number of halogens is 3. The molecule has 1 aromatic heterocycles. The highest BCUT2D eigenvalue weighted by Gasteiger charge is 2.08. The molecule has 7 heteroatoms. The molecule has 0 aliphatic rings. The highest BCUT2D eigenvalue weighted by Crippen LogP contribution is 2.26. The molecule has 0 atom stereocenters. The zero-order valence-corrected chi connectivity index (χ0v) is 12.0. The molecule has 2 rings (SSSR count). The van der Waals surface area contributed by atoms with Gasteiger partial charge in [0.15, 0.2) is 10.2 Å². The number of thioether (sulfide) groups is 1. The standard InChI is InChI=1S/C13H11F3N2S2/c14-10(12(15)16)6-7-19-13-18-17-11(20-13)8-9-4-2-1-3-5-9/h1-5H,6-8H2. The van der Waals surface area contributed by atoms with E-state index in [1.54, 1.807) is 0 Å². The van der Waals surface area contributed by atoms with Gasteiger partial charge < -0.3 is 0 Å². The smallest absolute Gasteiger partial charge is 0.206 e. The van der Waals surface area contributed by atoms with E-state index in [2.05, 4.69) is 10.2 Å².